The van der Waals surface area contributed by atoms with Crippen LogP contribution in [0.4, 0.5) is 11.4 Å². The molecule has 0 aliphatic heterocycles. The van der Waals surface area contributed by atoms with E-state index in [0.29, 0.717) is 10.6 Å². The molecule has 4 heteroatoms. The fourth-order valence-corrected chi connectivity index (χ4v) is 2.52. The number of aryl methyl sites for hydroxylation is 1. The molecule has 0 saturated heterocycles. The highest BCUT2D eigenvalue weighted by atomic mass is 35.5. The van der Waals surface area contributed by atoms with E-state index in [1.165, 1.54) is 0 Å². The number of nitrogens with one attached hydrogen (secondary N) is 1. The van der Waals surface area contributed by atoms with E-state index in [2.05, 4.69) is 16.4 Å². The number of para-hydroxylation sites is 1. The molecular formula is C17H12ClN3. The van der Waals surface area contributed by atoms with Gasteiger partial charge in [-0.3, -0.25) is 4.98 Å². The molecule has 1 N–H and O–H groups in total. The Bertz CT molecular complexity index is 866. The Morgan fingerprint density at radius 2 is 2.00 bits per heavy atom. The predicted molar refractivity (Wildman–Crippen MR) is 85.9 cm³/mol. The average molecular weight is 294 g/mol. The van der Waals surface area contributed by atoms with Crippen molar-refractivity contribution in [3.05, 3.63) is 64.8 Å². The maximum absolute atomic E-state index is 9.25. The zero-order valence-corrected chi connectivity index (χ0v) is 12.1. The molecule has 1 heterocycles. The monoisotopic (exact) mass is 293 g/mol. The second-order valence-electron chi connectivity index (χ2n) is 4.73. The lowest BCUT2D eigenvalue weighted by Gasteiger charge is -2.13. The summed E-state index contributed by atoms with van der Waals surface area (Å²) in [5.74, 6) is 0. The van der Waals surface area contributed by atoms with E-state index < -0.39 is 0 Å². The van der Waals surface area contributed by atoms with Crippen LogP contribution in [-0.4, -0.2) is 4.98 Å². The van der Waals surface area contributed by atoms with Gasteiger partial charge >= 0.3 is 0 Å². The van der Waals surface area contributed by atoms with Crippen LogP contribution in [0.3, 0.4) is 0 Å². The lowest BCUT2D eigenvalue weighted by molar-refractivity contribution is 1.37. The topological polar surface area (TPSA) is 48.7 Å². The number of benzene rings is 2. The molecular weight excluding hydrogens is 282 g/mol. The maximum Gasteiger partial charge on any atom is 0.101 e. The molecule has 0 radical (unpaired) electrons. The predicted octanol–water partition coefficient (Wildman–Crippen LogP) is 4.81. The van der Waals surface area contributed by atoms with Crippen LogP contribution in [0.2, 0.25) is 5.02 Å². The second kappa shape index (κ2) is 5.43. The molecule has 0 atom stereocenters. The van der Waals surface area contributed by atoms with E-state index in [1.807, 2.05) is 43.3 Å². The number of fused-ring (bicyclic) bond motifs is 1. The quantitative estimate of drug-likeness (QED) is 0.737. The van der Waals surface area contributed by atoms with Crippen molar-refractivity contribution in [2.45, 2.75) is 6.92 Å². The van der Waals surface area contributed by atoms with Gasteiger partial charge in [0.1, 0.15) is 6.07 Å². The first kappa shape index (κ1) is 13.4. The van der Waals surface area contributed by atoms with Gasteiger partial charge in [-0.25, -0.2) is 0 Å². The fraction of sp³-hybridized carbons (Fsp3) is 0.0588. The maximum atomic E-state index is 9.25. The second-order valence-corrected chi connectivity index (χ2v) is 5.14. The van der Waals surface area contributed by atoms with E-state index >= 15 is 0 Å². The Hall–Kier alpha value is -2.57. The zero-order chi connectivity index (χ0) is 14.8. The van der Waals surface area contributed by atoms with Crippen molar-refractivity contribution in [2.75, 3.05) is 5.32 Å². The van der Waals surface area contributed by atoms with Crippen LogP contribution in [-0.2, 0) is 0 Å². The molecule has 0 bridgehead atoms. The molecule has 2 aromatic carbocycles. The number of halogens is 1. The van der Waals surface area contributed by atoms with Crippen molar-refractivity contribution in [1.29, 1.82) is 5.26 Å². The van der Waals surface area contributed by atoms with Crippen LogP contribution in [0.1, 0.15) is 11.1 Å². The molecule has 0 amide bonds. The van der Waals surface area contributed by atoms with Crippen molar-refractivity contribution in [2.24, 2.45) is 0 Å². The van der Waals surface area contributed by atoms with Gasteiger partial charge in [0.05, 0.1) is 27.5 Å². The van der Waals surface area contributed by atoms with Crippen molar-refractivity contribution < 1.29 is 0 Å². The molecule has 3 rings (SSSR count). The average Bonchev–Trinajstić information content (AvgIpc) is 2.52. The highest BCUT2D eigenvalue weighted by Gasteiger charge is 2.09. The summed E-state index contributed by atoms with van der Waals surface area (Å²) in [6, 6.07) is 15.3. The number of nitriles is 1. The first-order chi connectivity index (χ1) is 10.2. The summed E-state index contributed by atoms with van der Waals surface area (Å²) in [6.07, 6.45) is 1.73. The summed E-state index contributed by atoms with van der Waals surface area (Å²) >= 11 is 6.20. The van der Waals surface area contributed by atoms with Gasteiger partial charge in [0.15, 0.2) is 0 Å². The number of rotatable bonds is 2. The SMILES string of the molecule is Cc1cccc(C#N)c1Nc1ccc(Cl)c2cccnc12. The van der Waals surface area contributed by atoms with E-state index in [1.54, 1.807) is 12.3 Å². The zero-order valence-electron chi connectivity index (χ0n) is 11.4. The number of hydrogen-bond acceptors (Lipinski definition) is 3. The molecule has 102 valence electrons. The van der Waals surface area contributed by atoms with Gasteiger partial charge in [-0.2, -0.15) is 5.26 Å². The van der Waals surface area contributed by atoms with E-state index in [9.17, 15) is 5.26 Å². The third-order valence-corrected chi connectivity index (χ3v) is 3.70. The summed E-state index contributed by atoms with van der Waals surface area (Å²) in [4.78, 5) is 4.39. The minimum Gasteiger partial charge on any atom is -0.352 e. The van der Waals surface area contributed by atoms with E-state index in [4.69, 9.17) is 11.6 Å². The molecule has 0 unspecified atom stereocenters. The Labute approximate surface area is 127 Å². The molecule has 0 saturated carbocycles. The first-order valence-corrected chi connectivity index (χ1v) is 6.88. The minimum atomic E-state index is 0.606. The summed E-state index contributed by atoms with van der Waals surface area (Å²) in [5, 5.41) is 14.1. The van der Waals surface area contributed by atoms with Crippen molar-refractivity contribution in [1.82, 2.24) is 4.98 Å². The molecule has 3 aromatic rings. The number of anilines is 2. The Kier molecular flexibility index (Phi) is 3.47. The van der Waals surface area contributed by atoms with Gasteiger partial charge < -0.3 is 5.32 Å². The number of hydrogen-bond donors (Lipinski definition) is 1. The van der Waals surface area contributed by atoms with Gasteiger partial charge in [0, 0.05) is 11.6 Å². The molecule has 1 aromatic heterocycles. The van der Waals surface area contributed by atoms with Gasteiger partial charge in [-0.05, 0) is 42.8 Å². The standard InChI is InChI=1S/C17H12ClN3/c1-11-4-2-5-12(10-19)16(11)21-15-8-7-14(18)13-6-3-9-20-17(13)15/h2-9,21H,1H3. The molecule has 3 nitrogen and oxygen atoms in total. The van der Waals surface area contributed by atoms with Crippen LogP contribution in [0.15, 0.2) is 48.7 Å². The molecule has 21 heavy (non-hydrogen) atoms. The van der Waals surface area contributed by atoms with Crippen LogP contribution in [0.5, 0.6) is 0 Å². The summed E-state index contributed by atoms with van der Waals surface area (Å²) in [7, 11) is 0. The highest BCUT2D eigenvalue weighted by molar-refractivity contribution is 6.35. The number of nitrogens with zero attached hydrogens (tertiary/aromatic N) is 2. The van der Waals surface area contributed by atoms with Crippen LogP contribution in [0.25, 0.3) is 10.9 Å². The lowest BCUT2D eigenvalue weighted by Crippen LogP contribution is -1.98. The Morgan fingerprint density at radius 1 is 1.14 bits per heavy atom. The van der Waals surface area contributed by atoms with Gasteiger partial charge in [-0.1, -0.05) is 23.7 Å². The van der Waals surface area contributed by atoms with Crippen LogP contribution < -0.4 is 5.32 Å². The smallest absolute Gasteiger partial charge is 0.101 e. The normalized spacial score (nSPS) is 10.3. The Morgan fingerprint density at radius 3 is 2.81 bits per heavy atom. The minimum absolute atomic E-state index is 0.606. The van der Waals surface area contributed by atoms with Gasteiger partial charge in [-0.15, -0.1) is 0 Å². The van der Waals surface area contributed by atoms with Gasteiger partial charge in [0.2, 0.25) is 0 Å². The van der Waals surface area contributed by atoms with E-state index in [0.717, 1.165) is 27.8 Å². The molecule has 0 aliphatic rings. The third-order valence-electron chi connectivity index (χ3n) is 3.37. The highest BCUT2D eigenvalue weighted by Crippen LogP contribution is 2.32. The Balaban J connectivity index is 2.16. The van der Waals surface area contributed by atoms with Crippen molar-refractivity contribution >= 4 is 33.9 Å². The third kappa shape index (κ3) is 2.42. The number of aromatic nitrogens is 1. The van der Waals surface area contributed by atoms with Crippen molar-refractivity contribution in [3.8, 4) is 6.07 Å². The lowest BCUT2D eigenvalue weighted by atomic mass is 10.1. The summed E-state index contributed by atoms with van der Waals surface area (Å²) in [6.45, 7) is 1.97. The molecule has 0 aliphatic carbocycles. The molecule has 0 spiro atoms. The summed E-state index contributed by atoms with van der Waals surface area (Å²) in [5.41, 5.74) is 4.04. The van der Waals surface area contributed by atoms with Crippen molar-refractivity contribution in [3.63, 3.8) is 0 Å². The molecule has 0 fully saturated rings. The largest absolute Gasteiger partial charge is 0.352 e. The van der Waals surface area contributed by atoms with Crippen LogP contribution >= 0.6 is 11.6 Å². The van der Waals surface area contributed by atoms with E-state index in [-0.39, 0.29) is 0 Å². The fourth-order valence-electron chi connectivity index (χ4n) is 2.30. The number of pyridine rings is 1. The first-order valence-electron chi connectivity index (χ1n) is 6.50. The summed E-state index contributed by atoms with van der Waals surface area (Å²) < 4.78 is 0. The van der Waals surface area contributed by atoms with Crippen LogP contribution in [0, 0.1) is 18.3 Å². The van der Waals surface area contributed by atoms with Gasteiger partial charge in [0.25, 0.3) is 0 Å².